The monoisotopic (exact) mass is 358 g/mol. The largest absolute Gasteiger partial charge is 0.442 e. The maximum Gasteiger partial charge on any atom is 0.407 e. The van der Waals surface area contributed by atoms with Gasteiger partial charge in [0.25, 0.3) is 0 Å². The van der Waals surface area contributed by atoms with Crippen LogP contribution in [0.2, 0.25) is 0 Å². The summed E-state index contributed by atoms with van der Waals surface area (Å²) in [6.07, 6.45) is 1.29. The van der Waals surface area contributed by atoms with E-state index in [2.05, 4.69) is 26.5 Å². The van der Waals surface area contributed by atoms with Crippen molar-refractivity contribution < 1.29 is 19.1 Å². The topological polar surface area (TPSA) is 91.0 Å². The maximum atomic E-state index is 12.2. The number of fused-ring (bicyclic) bond motifs is 1. The van der Waals surface area contributed by atoms with Gasteiger partial charge in [0, 0.05) is 37.0 Å². The average molecular weight is 358 g/mol. The molecule has 3 amide bonds. The third kappa shape index (κ3) is 2.85. The molecule has 2 saturated heterocycles. The van der Waals surface area contributed by atoms with Gasteiger partial charge in [-0.3, -0.25) is 14.9 Å². The Kier molecular flexibility index (Phi) is 4.18. The van der Waals surface area contributed by atoms with Gasteiger partial charge >= 0.3 is 6.09 Å². The molecule has 3 aliphatic rings. The number of piperidine rings is 1. The second-order valence-electron chi connectivity index (χ2n) is 6.87. The van der Waals surface area contributed by atoms with Gasteiger partial charge in [-0.25, -0.2) is 4.79 Å². The third-order valence-corrected chi connectivity index (χ3v) is 5.29. The van der Waals surface area contributed by atoms with Crippen molar-refractivity contribution in [2.24, 2.45) is 0 Å². The highest BCUT2D eigenvalue weighted by Crippen LogP contribution is 2.39. The zero-order valence-electron chi connectivity index (χ0n) is 14.7. The number of hydrogen-bond donors (Lipinski definition) is 2. The molecule has 1 atom stereocenters. The maximum absolute atomic E-state index is 12.2. The first-order valence-electron chi connectivity index (χ1n) is 8.92. The van der Waals surface area contributed by atoms with Crippen LogP contribution in [-0.4, -0.2) is 56.7 Å². The van der Waals surface area contributed by atoms with Gasteiger partial charge in [-0.05, 0) is 25.0 Å². The Bertz CT molecular complexity index is 760. The highest BCUT2D eigenvalue weighted by Gasteiger charge is 2.38. The van der Waals surface area contributed by atoms with Crippen molar-refractivity contribution in [1.82, 2.24) is 10.6 Å². The van der Waals surface area contributed by atoms with Crippen LogP contribution in [0.15, 0.2) is 18.2 Å². The molecule has 1 aromatic rings. The van der Waals surface area contributed by atoms with Crippen LogP contribution >= 0.6 is 0 Å². The molecule has 1 unspecified atom stereocenters. The van der Waals surface area contributed by atoms with Crippen molar-refractivity contribution >= 4 is 29.3 Å². The summed E-state index contributed by atoms with van der Waals surface area (Å²) in [5, 5.41) is 4.90. The van der Waals surface area contributed by atoms with Gasteiger partial charge in [0.1, 0.15) is 12.1 Å². The fraction of sp³-hybridized carbons (Fsp3) is 0.500. The number of hydrogen-bond acceptors (Lipinski definition) is 6. The summed E-state index contributed by atoms with van der Waals surface area (Å²) in [7, 11) is 1.55. The van der Waals surface area contributed by atoms with E-state index >= 15 is 0 Å². The Hall–Kier alpha value is -2.77. The minimum absolute atomic E-state index is 0.0987. The lowest BCUT2D eigenvalue weighted by atomic mass is 10.0. The van der Waals surface area contributed by atoms with Crippen molar-refractivity contribution in [3.05, 3.63) is 23.8 Å². The van der Waals surface area contributed by atoms with E-state index in [0.29, 0.717) is 25.9 Å². The predicted octanol–water partition coefficient (Wildman–Crippen LogP) is 0.399. The van der Waals surface area contributed by atoms with Crippen molar-refractivity contribution in [2.75, 3.05) is 36.5 Å². The van der Waals surface area contributed by atoms with E-state index < -0.39 is 6.09 Å². The van der Waals surface area contributed by atoms with E-state index in [1.54, 1.807) is 7.05 Å². The number of rotatable bonds is 3. The van der Waals surface area contributed by atoms with Gasteiger partial charge in [-0.15, -0.1) is 0 Å². The first kappa shape index (κ1) is 16.7. The number of nitrogens with zero attached hydrogens (tertiary/aromatic N) is 2. The Morgan fingerprint density at radius 1 is 1.23 bits per heavy atom. The van der Waals surface area contributed by atoms with Crippen LogP contribution in [0.4, 0.5) is 16.2 Å². The molecule has 0 spiro atoms. The molecule has 0 aliphatic carbocycles. The van der Waals surface area contributed by atoms with Gasteiger partial charge in [0.15, 0.2) is 0 Å². The third-order valence-electron chi connectivity index (χ3n) is 5.29. The molecule has 138 valence electrons. The van der Waals surface area contributed by atoms with Crippen LogP contribution in [0.3, 0.4) is 0 Å². The number of carbonyl (C=O) groups excluding carboxylic acids is 3. The van der Waals surface area contributed by atoms with Crippen LogP contribution in [0.25, 0.3) is 0 Å². The highest BCUT2D eigenvalue weighted by atomic mass is 16.6. The van der Waals surface area contributed by atoms with Gasteiger partial charge in [0.2, 0.25) is 11.8 Å². The normalized spacial score (nSPS) is 22.6. The summed E-state index contributed by atoms with van der Waals surface area (Å²) in [5.41, 5.74) is 3.41. The zero-order chi connectivity index (χ0) is 18.3. The summed E-state index contributed by atoms with van der Waals surface area (Å²) in [6, 6.07) is 5.81. The van der Waals surface area contributed by atoms with E-state index in [1.807, 2.05) is 12.1 Å². The van der Waals surface area contributed by atoms with Gasteiger partial charge in [-0.1, -0.05) is 6.07 Å². The molecule has 4 rings (SSSR count). The lowest BCUT2D eigenvalue weighted by molar-refractivity contribution is -0.134. The summed E-state index contributed by atoms with van der Waals surface area (Å²) >= 11 is 0. The molecule has 3 aliphatic heterocycles. The smallest absolute Gasteiger partial charge is 0.407 e. The zero-order valence-corrected chi connectivity index (χ0v) is 14.7. The second-order valence-corrected chi connectivity index (χ2v) is 6.87. The van der Waals surface area contributed by atoms with E-state index in [0.717, 1.165) is 24.3 Å². The van der Waals surface area contributed by atoms with Crippen LogP contribution in [-0.2, 0) is 20.7 Å². The second kappa shape index (κ2) is 6.51. The van der Waals surface area contributed by atoms with Crippen LogP contribution in [0.1, 0.15) is 18.4 Å². The SMILES string of the molecule is CNC(=O)OC1CN(c2cccc3c2CCN3C2CCC(=O)NC2=O)C1. The quantitative estimate of drug-likeness (QED) is 0.760. The Balaban J connectivity index is 1.48. The molecule has 8 heteroatoms. The van der Waals surface area contributed by atoms with Crippen LogP contribution < -0.4 is 20.4 Å². The van der Waals surface area contributed by atoms with Crippen molar-refractivity contribution in [2.45, 2.75) is 31.4 Å². The summed E-state index contributed by atoms with van der Waals surface area (Å²) < 4.78 is 5.26. The molecule has 0 aromatic heterocycles. The fourth-order valence-electron chi connectivity index (χ4n) is 3.96. The molecular formula is C18H22N4O4. The lowest BCUT2D eigenvalue weighted by Gasteiger charge is -2.41. The van der Waals surface area contributed by atoms with Crippen molar-refractivity contribution in [3.63, 3.8) is 0 Å². The van der Waals surface area contributed by atoms with E-state index in [-0.39, 0.29) is 24.0 Å². The van der Waals surface area contributed by atoms with Gasteiger partial charge in [-0.2, -0.15) is 0 Å². The van der Waals surface area contributed by atoms with Gasteiger partial charge < -0.3 is 19.9 Å². The van der Waals surface area contributed by atoms with E-state index in [1.165, 1.54) is 5.56 Å². The van der Waals surface area contributed by atoms with Crippen LogP contribution in [0.5, 0.6) is 0 Å². The lowest BCUT2D eigenvalue weighted by Crippen LogP contribution is -2.54. The summed E-state index contributed by atoms with van der Waals surface area (Å²) in [4.78, 5) is 39.2. The minimum Gasteiger partial charge on any atom is -0.442 e. The number of benzene rings is 1. The molecule has 0 bridgehead atoms. The van der Waals surface area contributed by atoms with Gasteiger partial charge in [0.05, 0.1) is 13.1 Å². The summed E-state index contributed by atoms with van der Waals surface area (Å²) in [5.74, 6) is -0.398. The molecule has 0 radical (unpaired) electrons. The molecule has 3 heterocycles. The molecule has 2 fully saturated rings. The number of alkyl carbamates (subject to hydrolysis) is 1. The number of carbonyl (C=O) groups is 3. The van der Waals surface area contributed by atoms with Crippen molar-refractivity contribution in [1.29, 1.82) is 0 Å². The van der Waals surface area contributed by atoms with E-state index in [4.69, 9.17) is 4.74 Å². The number of anilines is 2. The molecule has 8 nitrogen and oxygen atoms in total. The first-order valence-corrected chi connectivity index (χ1v) is 8.92. The number of imide groups is 1. The standard InChI is InChI=1S/C18H22N4O4/c1-19-18(25)26-11-9-21(10-11)13-3-2-4-14-12(13)7-8-22(14)15-5-6-16(23)20-17(15)24/h2-4,11,15H,5-10H2,1H3,(H,19,25)(H,20,23,24). The minimum atomic E-state index is -0.406. The Morgan fingerprint density at radius 2 is 2.00 bits per heavy atom. The molecule has 0 saturated carbocycles. The highest BCUT2D eigenvalue weighted by molar-refractivity contribution is 6.02. The number of ether oxygens (including phenoxy) is 1. The molecule has 2 N–H and O–H groups in total. The molecule has 1 aromatic carbocycles. The molecular weight excluding hydrogens is 336 g/mol. The molecule has 26 heavy (non-hydrogen) atoms. The Labute approximate surface area is 151 Å². The first-order chi connectivity index (χ1) is 12.6. The van der Waals surface area contributed by atoms with Crippen LogP contribution in [0, 0.1) is 0 Å². The fourth-order valence-corrected chi connectivity index (χ4v) is 3.96. The van der Waals surface area contributed by atoms with E-state index in [9.17, 15) is 14.4 Å². The Morgan fingerprint density at radius 3 is 2.73 bits per heavy atom. The summed E-state index contributed by atoms with van der Waals surface area (Å²) in [6.45, 7) is 2.11. The number of amides is 3. The average Bonchev–Trinajstić information content (AvgIpc) is 3.01. The van der Waals surface area contributed by atoms with Crippen molar-refractivity contribution in [3.8, 4) is 0 Å². The number of nitrogens with one attached hydrogen (secondary N) is 2. The predicted molar refractivity (Wildman–Crippen MR) is 95.2 cm³/mol.